The first-order chi connectivity index (χ1) is 8.50. The van der Waals surface area contributed by atoms with Gasteiger partial charge in [-0.2, -0.15) is 0 Å². The summed E-state index contributed by atoms with van der Waals surface area (Å²) in [5.41, 5.74) is 6.23. The minimum Gasteiger partial charge on any atom is -0.397 e. The van der Waals surface area contributed by atoms with E-state index in [4.69, 9.17) is 22.1 Å². The predicted octanol–water partition coefficient (Wildman–Crippen LogP) is 1.72. The van der Waals surface area contributed by atoms with E-state index in [1.54, 1.807) is 0 Å². The molecule has 1 aromatic rings. The van der Waals surface area contributed by atoms with E-state index in [0.29, 0.717) is 31.4 Å². The SMILES string of the molecule is CC(C)COCCNC(=O)c1cc(N)cnc1Cl. The van der Waals surface area contributed by atoms with Crippen LogP contribution in [-0.4, -0.2) is 30.6 Å². The third-order valence-corrected chi connectivity index (χ3v) is 2.39. The second-order valence-corrected chi connectivity index (χ2v) is 4.69. The lowest BCUT2D eigenvalue weighted by atomic mass is 10.2. The van der Waals surface area contributed by atoms with Gasteiger partial charge in [0.05, 0.1) is 24.1 Å². The van der Waals surface area contributed by atoms with Crippen LogP contribution in [0.25, 0.3) is 0 Å². The van der Waals surface area contributed by atoms with E-state index in [1.807, 2.05) is 0 Å². The average molecular weight is 272 g/mol. The van der Waals surface area contributed by atoms with E-state index in [-0.39, 0.29) is 16.6 Å². The van der Waals surface area contributed by atoms with Crippen LogP contribution in [0.2, 0.25) is 5.15 Å². The molecule has 1 amide bonds. The Bertz CT molecular complexity index is 410. The van der Waals surface area contributed by atoms with Crippen LogP contribution in [-0.2, 0) is 4.74 Å². The van der Waals surface area contributed by atoms with Crippen LogP contribution in [0.15, 0.2) is 12.3 Å². The molecular weight excluding hydrogens is 254 g/mol. The molecule has 0 bridgehead atoms. The predicted molar refractivity (Wildman–Crippen MR) is 71.6 cm³/mol. The number of nitrogens with two attached hydrogens (primary N) is 1. The molecule has 0 aliphatic rings. The van der Waals surface area contributed by atoms with Gasteiger partial charge in [0, 0.05) is 13.2 Å². The molecule has 0 radical (unpaired) electrons. The van der Waals surface area contributed by atoms with Gasteiger partial charge in [-0.25, -0.2) is 4.98 Å². The quantitative estimate of drug-likeness (QED) is 0.610. The van der Waals surface area contributed by atoms with Crippen LogP contribution in [0.1, 0.15) is 24.2 Å². The maximum atomic E-state index is 11.8. The number of nitrogen functional groups attached to an aromatic ring is 1. The smallest absolute Gasteiger partial charge is 0.254 e. The normalized spacial score (nSPS) is 10.7. The Morgan fingerprint density at radius 2 is 2.33 bits per heavy atom. The number of amides is 1. The molecule has 0 fully saturated rings. The fraction of sp³-hybridized carbons (Fsp3) is 0.500. The highest BCUT2D eigenvalue weighted by atomic mass is 35.5. The van der Waals surface area contributed by atoms with Crippen molar-refractivity contribution in [1.82, 2.24) is 10.3 Å². The maximum absolute atomic E-state index is 11.8. The highest BCUT2D eigenvalue weighted by Crippen LogP contribution is 2.15. The fourth-order valence-corrected chi connectivity index (χ4v) is 1.46. The van der Waals surface area contributed by atoms with E-state index in [2.05, 4.69) is 24.1 Å². The van der Waals surface area contributed by atoms with Gasteiger partial charge in [-0.05, 0) is 12.0 Å². The summed E-state index contributed by atoms with van der Waals surface area (Å²) in [6.45, 7) is 5.71. The molecule has 0 saturated heterocycles. The molecule has 100 valence electrons. The van der Waals surface area contributed by atoms with Crippen molar-refractivity contribution in [3.8, 4) is 0 Å². The third kappa shape index (κ3) is 4.89. The minimum atomic E-state index is -0.298. The number of hydrogen-bond donors (Lipinski definition) is 2. The highest BCUT2D eigenvalue weighted by Gasteiger charge is 2.11. The Labute approximate surface area is 112 Å². The van der Waals surface area contributed by atoms with E-state index in [0.717, 1.165) is 0 Å². The van der Waals surface area contributed by atoms with Crippen LogP contribution >= 0.6 is 11.6 Å². The lowest BCUT2D eigenvalue weighted by Gasteiger charge is -2.09. The van der Waals surface area contributed by atoms with Crippen LogP contribution < -0.4 is 11.1 Å². The van der Waals surface area contributed by atoms with E-state index in [1.165, 1.54) is 12.3 Å². The minimum absolute atomic E-state index is 0.143. The van der Waals surface area contributed by atoms with Crippen LogP contribution in [0.4, 0.5) is 5.69 Å². The van der Waals surface area contributed by atoms with Gasteiger partial charge in [-0.15, -0.1) is 0 Å². The first kappa shape index (κ1) is 14.7. The summed E-state index contributed by atoms with van der Waals surface area (Å²) in [6.07, 6.45) is 1.41. The zero-order valence-electron chi connectivity index (χ0n) is 10.6. The molecule has 3 N–H and O–H groups in total. The number of nitrogens with zero attached hydrogens (tertiary/aromatic N) is 1. The van der Waals surface area contributed by atoms with Gasteiger partial charge in [0.2, 0.25) is 0 Å². The zero-order chi connectivity index (χ0) is 13.5. The third-order valence-electron chi connectivity index (χ3n) is 2.09. The molecule has 0 spiro atoms. The van der Waals surface area contributed by atoms with Crippen LogP contribution in [0.3, 0.4) is 0 Å². The number of aromatic nitrogens is 1. The molecule has 0 atom stereocenters. The highest BCUT2D eigenvalue weighted by molar-refractivity contribution is 6.32. The number of anilines is 1. The summed E-state index contributed by atoms with van der Waals surface area (Å²) in [5.74, 6) is 0.182. The molecule has 0 unspecified atom stereocenters. The molecule has 1 rings (SSSR count). The Hall–Kier alpha value is -1.33. The average Bonchev–Trinajstić information content (AvgIpc) is 2.31. The number of pyridine rings is 1. The Morgan fingerprint density at radius 1 is 1.61 bits per heavy atom. The number of halogens is 1. The van der Waals surface area contributed by atoms with Gasteiger partial charge < -0.3 is 15.8 Å². The van der Waals surface area contributed by atoms with Crippen LogP contribution in [0.5, 0.6) is 0 Å². The molecule has 6 heteroatoms. The van der Waals surface area contributed by atoms with Gasteiger partial charge >= 0.3 is 0 Å². The Morgan fingerprint density at radius 3 is 3.00 bits per heavy atom. The summed E-state index contributed by atoms with van der Waals surface area (Å²) in [4.78, 5) is 15.6. The number of hydrogen-bond acceptors (Lipinski definition) is 4. The molecule has 0 aliphatic carbocycles. The van der Waals surface area contributed by atoms with Crippen molar-refractivity contribution in [1.29, 1.82) is 0 Å². The first-order valence-corrected chi connectivity index (χ1v) is 6.15. The van der Waals surface area contributed by atoms with E-state index < -0.39 is 0 Å². The van der Waals surface area contributed by atoms with E-state index in [9.17, 15) is 4.79 Å². The van der Waals surface area contributed by atoms with Crippen molar-refractivity contribution in [3.63, 3.8) is 0 Å². The lowest BCUT2D eigenvalue weighted by molar-refractivity contribution is 0.0886. The largest absolute Gasteiger partial charge is 0.397 e. The van der Waals surface area contributed by atoms with Gasteiger partial charge in [0.25, 0.3) is 5.91 Å². The monoisotopic (exact) mass is 271 g/mol. The molecule has 0 aliphatic heterocycles. The van der Waals surface area contributed by atoms with E-state index >= 15 is 0 Å². The number of ether oxygens (including phenoxy) is 1. The topological polar surface area (TPSA) is 77.2 Å². The standard InChI is InChI=1S/C12H18ClN3O2/c1-8(2)7-18-4-3-15-12(17)10-5-9(14)6-16-11(10)13/h5-6,8H,3-4,7,14H2,1-2H3,(H,15,17). The fourth-order valence-electron chi connectivity index (χ4n) is 1.27. The zero-order valence-corrected chi connectivity index (χ0v) is 11.3. The molecule has 18 heavy (non-hydrogen) atoms. The van der Waals surface area contributed by atoms with Gasteiger partial charge in [0.15, 0.2) is 0 Å². The Balaban J connectivity index is 2.39. The molecular formula is C12H18ClN3O2. The molecule has 1 heterocycles. The van der Waals surface area contributed by atoms with Gasteiger partial charge in [-0.3, -0.25) is 4.79 Å². The number of nitrogens with one attached hydrogen (secondary N) is 1. The van der Waals surface area contributed by atoms with Gasteiger partial charge in [0.1, 0.15) is 5.15 Å². The second-order valence-electron chi connectivity index (χ2n) is 4.33. The summed E-state index contributed by atoms with van der Waals surface area (Å²) < 4.78 is 5.35. The lowest BCUT2D eigenvalue weighted by Crippen LogP contribution is -2.28. The molecule has 0 saturated carbocycles. The maximum Gasteiger partial charge on any atom is 0.254 e. The second kappa shape index (κ2) is 7.18. The Kier molecular flexibility index (Phi) is 5.88. The van der Waals surface area contributed by atoms with Crippen molar-refractivity contribution in [3.05, 3.63) is 23.0 Å². The number of rotatable bonds is 6. The van der Waals surface area contributed by atoms with Crippen molar-refractivity contribution >= 4 is 23.2 Å². The van der Waals surface area contributed by atoms with Gasteiger partial charge in [-0.1, -0.05) is 25.4 Å². The van der Waals surface area contributed by atoms with Crippen LogP contribution in [0, 0.1) is 5.92 Å². The van der Waals surface area contributed by atoms with Crippen molar-refractivity contribution < 1.29 is 9.53 Å². The summed E-state index contributed by atoms with van der Waals surface area (Å²) in [6, 6.07) is 1.50. The molecule has 1 aromatic heterocycles. The molecule has 5 nitrogen and oxygen atoms in total. The van der Waals surface area contributed by atoms with Crippen molar-refractivity contribution in [2.24, 2.45) is 5.92 Å². The first-order valence-electron chi connectivity index (χ1n) is 5.77. The van der Waals surface area contributed by atoms with Crippen molar-refractivity contribution in [2.45, 2.75) is 13.8 Å². The number of carbonyl (C=O) groups is 1. The number of carbonyl (C=O) groups excluding carboxylic acids is 1. The molecule has 0 aromatic carbocycles. The summed E-state index contributed by atoms with van der Waals surface area (Å²) in [5, 5.41) is 2.84. The summed E-state index contributed by atoms with van der Waals surface area (Å²) >= 11 is 5.81. The summed E-state index contributed by atoms with van der Waals surface area (Å²) in [7, 11) is 0. The van der Waals surface area contributed by atoms with Crippen molar-refractivity contribution in [2.75, 3.05) is 25.5 Å².